The van der Waals surface area contributed by atoms with Gasteiger partial charge in [0.25, 0.3) is 0 Å². The number of pyridine rings is 1. The lowest BCUT2D eigenvalue weighted by Gasteiger charge is -1.95. The lowest BCUT2D eigenvalue weighted by Crippen LogP contribution is -1.83. The Morgan fingerprint density at radius 3 is 2.92 bits per heavy atom. The topological polar surface area (TPSA) is 54.5 Å². The van der Waals surface area contributed by atoms with E-state index < -0.39 is 0 Å². The Hall–Kier alpha value is -1.97. The summed E-state index contributed by atoms with van der Waals surface area (Å²) < 4.78 is 0. The van der Waals surface area contributed by atoms with E-state index in [1.165, 1.54) is 0 Å². The van der Waals surface area contributed by atoms with Gasteiger partial charge in [0.1, 0.15) is 5.65 Å². The predicted octanol–water partition coefficient (Wildman–Crippen LogP) is 1.51. The summed E-state index contributed by atoms with van der Waals surface area (Å²) in [6.07, 6.45) is 7.14. The number of hydrogen-bond acceptors (Lipinski definition) is 3. The highest BCUT2D eigenvalue weighted by Crippen LogP contribution is 2.20. The Labute approximate surface area is 73.6 Å². The lowest BCUT2D eigenvalue weighted by molar-refractivity contribution is 1.05. The summed E-state index contributed by atoms with van der Waals surface area (Å²) in [5, 5.41) is 10.8. The first-order chi connectivity index (χ1) is 6.45. The number of aromatic nitrogens is 4. The molecule has 0 amide bonds. The molecule has 0 aliphatic heterocycles. The van der Waals surface area contributed by atoms with E-state index in [1.807, 2.05) is 12.3 Å². The van der Waals surface area contributed by atoms with Crippen molar-refractivity contribution in [3.05, 3.63) is 30.9 Å². The van der Waals surface area contributed by atoms with Crippen LogP contribution in [-0.2, 0) is 0 Å². The number of nitrogens with one attached hydrogen (secondary N) is 1. The van der Waals surface area contributed by atoms with Gasteiger partial charge < -0.3 is 4.98 Å². The maximum absolute atomic E-state index is 4.25. The quantitative estimate of drug-likeness (QED) is 0.556. The summed E-state index contributed by atoms with van der Waals surface area (Å²) in [7, 11) is 0. The summed E-state index contributed by atoms with van der Waals surface area (Å²) in [5.74, 6) is 0. The molecule has 0 aromatic carbocycles. The van der Waals surface area contributed by atoms with Crippen LogP contribution in [0.1, 0.15) is 0 Å². The molecule has 3 aromatic heterocycles. The van der Waals surface area contributed by atoms with Crippen molar-refractivity contribution in [1.29, 1.82) is 0 Å². The van der Waals surface area contributed by atoms with Crippen LogP contribution in [0.5, 0.6) is 0 Å². The van der Waals surface area contributed by atoms with Gasteiger partial charge in [0.05, 0.1) is 12.4 Å². The molecule has 0 saturated heterocycles. The van der Waals surface area contributed by atoms with Gasteiger partial charge in [0, 0.05) is 28.6 Å². The van der Waals surface area contributed by atoms with Crippen LogP contribution in [0, 0.1) is 0 Å². The minimum absolute atomic E-state index is 0.889. The molecule has 3 aromatic rings. The Balaban J connectivity index is 2.65. The molecular weight excluding hydrogens is 164 g/mol. The van der Waals surface area contributed by atoms with Crippen molar-refractivity contribution in [2.75, 3.05) is 0 Å². The first-order valence-corrected chi connectivity index (χ1v) is 3.97. The molecule has 0 unspecified atom stereocenters. The second kappa shape index (κ2) is 2.26. The highest BCUT2D eigenvalue weighted by atomic mass is 15.1. The van der Waals surface area contributed by atoms with E-state index in [9.17, 15) is 0 Å². The number of H-pyrrole nitrogens is 1. The maximum Gasteiger partial charge on any atom is 0.137 e. The van der Waals surface area contributed by atoms with Crippen molar-refractivity contribution >= 4 is 21.8 Å². The maximum atomic E-state index is 4.25. The van der Waals surface area contributed by atoms with Crippen LogP contribution < -0.4 is 0 Å². The Morgan fingerprint density at radius 2 is 1.92 bits per heavy atom. The van der Waals surface area contributed by atoms with Crippen LogP contribution in [0.15, 0.2) is 30.9 Å². The van der Waals surface area contributed by atoms with Crippen molar-refractivity contribution < 1.29 is 0 Å². The molecule has 0 atom stereocenters. The normalized spacial score (nSPS) is 11.1. The minimum atomic E-state index is 0.889. The fourth-order valence-corrected chi connectivity index (χ4v) is 1.48. The molecule has 0 aliphatic carbocycles. The van der Waals surface area contributed by atoms with Gasteiger partial charge in [-0.2, -0.15) is 10.2 Å². The van der Waals surface area contributed by atoms with Crippen molar-refractivity contribution in [2.24, 2.45) is 0 Å². The van der Waals surface area contributed by atoms with Gasteiger partial charge in [-0.05, 0) is 6.07 Å². The predicted molar refractivity (Wildman–Crippen MR) is 49.2 cm³/mol. The smallest absolute Gasteiger partial charge is 0.137 e. The molecular formula is C9H6N4. The number of rotatable bonds is 0. The number of hydrogen-bond donors (Lipinski definition) is 1. The van der Waals surface area contributed by atoms with Gasteiger partial charge in [0.15, 0.2) is 0 Å². The van der Waals surface area contributed by atoms with Crippen LogP contribution >= 0.6 is 0 Å². The Kier molecular flexibility index (Phi) is 1.14. The number of fused-ring (bicyclic) bond motifs is 3. The standard InChI is InChI=1S/C9H6N4/c1-2-10-9-7(1)8-5-13-12-4-6(8)3-11-9/h1-5H,(H,10,11). The van der Waals surface area contributed by atoms with Crippen LogP contribution in [0.3, 0.4) is 0 Å². The fraction of sp³-hybridized carbons (Fsp3) is 0. The zero-order chi connectivity index (χ0) is 8.67. The zero-order valence-corrected chi connectivity index (χ0v) is 6.73. The molecule has 0 saturated carbocycles. The summed E-state index contributed by atoms with van der Waals surface area (Å²) in [5.41, 5.74) is 0.889. The SMILES string of the molecule is c1cc2c(ncc3cnncc32)[nH]1. The van der Waals surface area contributed by atoms with Gasteiger partial charge in [-0.25, -0.2) is 4.98 Å². The van der Waals surface area contributed by atoms with Crippen LogP contribution in [-0.4, -0.2) is 20.2 Å². The molecule has 0 radical (unpaired) electrons. The van der Waals surface area contributed by atoms with Crippen molar-refractivity contribution in [2.45, 2.75) is 0 Å². The largest absolute Gasteiger partial charge is 0.346 e. The van der Waals surface area contributed by atoms with Gasteiger partial charge >= 0.3 is 0 Å². The van der Waals surface area contributed by atoms with E-state index >= 15 is 0 Å². The third kappa shape index (κ3) is 0.823. The molecule has 4 nitrogen and oxygen atoms in total. The second-order valence-electron chi connectivity index (χ2n) is 2.86. The van der Waals surface area contributed by atoms with E-state index in [1.54, 1.807) is 18.6 Å². The summed E-state index contributed by atoms with van der Waals surface area (Å²) >= 11 is 0. The highest BCUT2D eigenvalue weighted by molar-refractivity contribution is 6.03. The third-order valence-corrected chi connectivity index (χ3v) is 2.11. The van der Waals surface area contributed by atoms with E-state index in [0.717, 1.165) is 21.8 Å². The minimum Gasteiger partial charge on any atom is -0.346 e. The van der Waals surface area contributed by atoms with Crippen LogP contribution in [0.4, 0.5) is 0 Å². The molecule has 13 heavy (non-hydrogen) atoms. The fourth-order valence-electron chi connectivity index (χ4n) is 1.48. The first-order valence-electron chi connectivity index (χ1n) is 3.97. The van der Waals surface area contributed by atoms with Crippen molar-refractivity contribution in [3.63, 3.8) is 0 Å². The number of aromatic amines is 1. The summed E-state index contributed by atoms with van der Waals surface area (Å²) in [6.45, 7) is 0. The van der Waals surface area contributed by atoms with Gasteiger partial charge in [-0.3, -0.25) is 0 Å². The Bertz CT molecular complexity index is 570. The Morgan fingerprint density at radius 1 is 1.00 bits per heavy atom. The van der Waals surface area contributed by atoms with Crippen molar-refractivity contribution in [1.82, 2.24) is 20.2 Å². The lowest BCUT2D eigenvalue weighted by atomic mass is 10.2. The van der Waals surface area contributed by atoms with Crippen LogP contribution in [0.2, 0.25) is 0 Å². The van der Waals surface area contributed by atoms with Gasteiger partial charge in [-0.1, -0.05) is 0 Å². The average Bonchev–Trinajstić information content (AvgIpc) is 2.65. The second-order valence-corrected chi connectivity index (χ2v) is 2.86. The van der Waals surface area contributed by atoms with Crippen LogP contribution in [0.25, 0.3) is 21.8 Å². The molecule has 3 rings (SSSR count). The third-order valence-electron chi connectivity index (χ3n) is 2.11. The molecule has 1 N–H and O–H groups in total. The average molecular weight is 170 g/mol. The zero-order valence-electron chi connectivity index (χ0n) is 6.73. The van der Waals surface area contributed by atoms with Gasteiger partial charge in [-0.15, -0.1) is 0 Å². The highest BCUT2D eigenvalue weighted by Gasteiger charge is 2.01. The molecule has 0 spiro atoms. The molecule has 4 heteroatoms. The number of nitrogens with zero attached hydrogens (tertiary/aromatic N) is 3. The van der Waals surface area contributed by atoms with E-state index in [2.05, 4.69) is 20.2 Å². The molecule has 3 heterocycles. The molecule has 62 valence electrons. The van der Waals surface area contributed by atoms with E-state index in [4.69, 9.17) is 0 Å². The summed E-state index contributed by atoms with van der Waals surface area (Å²) in [6, 6.07) is 1.99. The molecule has 0 aliphatic rings. The monoisotopic (exact) mass is 170 g/mol. The molecule has 0 bridgehead atoms. The molecule has 0 fully saturated rings. The van der Waals surface area contributed by atoms with Crippen molar-refractivity contribution in [3.8, 4) is 0 Å². The first kappa shape index (κ1) is 6.54. The van der Waals surface area contributed by atoms with Gasteiger partial charge in [0.2, 0.25) is 0 Å². The van der Waals surface area contributed by atoms with E-state index in [0.29, 0.717) is 0 Å². The van der Waals surface area contributed by atoms with E-state index in [-0.39, 0.29) is 0 Å². The summed E-state index contributed by atoms with van der Waals surface area (Å²) in [4.78, 5) is 7.30.